The van der Waals surface area contributed by atoms with Crippen LogP contribution in [0.1, 0.15) is 27.8 Å². The zero-order valence-electron chi connectivity index (χ0n) is 12.6. The Morgan fingerprint density at radius 2 is 1.41 bits per heavy atom. The molecule has 1 heterocycles. The third-order valence-corrected chi connectivity index (χ3v) is 4.20. The quantitative estimate of drug-likeness (QED) is 0.462. The fourth-order valence-electron chi connectivity index (χ4n) is 2.99. The van der Waals surface area contributed by atoms with Crippen molar-refractivity contribution >= 4 is 11.4 Å². The van der Waals surface area contributed by atoms with Crippen molar-refractivity contribution in [1.82, 2.24) is 0 Å². The minimum Gasteiger partial charge on any atom is -0.247 e. The van der Waals surface area contributed by atoms with E-state index in [0.717, 1.165) is 17.8 Å². The number of hydrogen-bond acceptors (Lipinski definition) is 1. The minimum atomic E-state index is 0.936. The molecule has 1 heteroatoms. The molecule has 1 nitrogen and oxygen atoms in total. The lowest BCUT2D eigenvalue weighted by Gasteiger charge is -2.09. The lowest BCUT2D eigenvalue weighted by atomic mass is 9.94. The molecule has 0 atom stereocenters. The van der Waals surface area contributed by atoms with Gasteiger partial charge in [0.25, 0.3) is 0 Å². The van der Waals surface area contributed by atoms with Crippen LogP contribution in [-0.4, -0.2) is 5.71 Å². The summed E-state index contributed by atoms with van der Waals surface area (Å²) in [4.78, 5) is 5.00. The fraction of sp³-hybridized carbons (Fsp3) is 0.0952. The van der Waals surface area contributed by atoms with Gasteiger partial charge in [-0.15, -0.1) is 0 Å². The molecule has 3 aromatic rings. The predicted octanol–water partition coefficient (Wildman–Crippen LogP) is 5.07. The number of benzene rings is 3. The normalized spacial score (nSPS) is 12.9. The van der Waals surface area contributed by atoms with E-state index in [9.17, 15) is 0 Å². The third kappa shape index (κ3) is 2.25. The molecule has 106 valence electrons. The monoisotopic (exact) mass is 283 g/mol. The van der Waals surface area contributed by atoms with Gasteiger partial charge in [-0.25, -0.2) is 4.99 Å². The summed E-state index contributed by atoms with van der Waals surface area (Å²) >= 11 is 0. The second kappa shape index (κ2) is 5.27. The van der Waals surface area contributed by atoms with Crippen molar-refractivity contribution in [2.24, 2.45) is 4.99 Å². The molecule has 0 aromatic heterocycles. The van der Waals surface area contributed by atoms with Gasteiger partial charge in [0.15, 0.2) is 0 Å². The molecule has 0 aliphatic carbocycles. The molecule has 0 N–H and O–H groups in total. The lowest BCUT2D eigenvalue weighted by Crippen LogP contribution is -2.05. The van der Waals surface area contributed by atoms with Gasteiger partial charge in [-0.1, -0.05) is 72.3 Å². The summed E-state index contributed by atoms with van der Waals surface area (Å²) in [7, 11) is 0. The lowest BCUT2D eigenvalue weighted by molar-refractivity contribution is 1.19. The van der Waals surface area contributed by atoms with Gasteiger partial charge >= 0.3 is 0 Å². The van der Waals surface area contributed by atoms with Crippen LogP contribution in [0.5, 0.6) is 0 Å². The van der Waals surface area contributed by atoms with Crippen LogP contribution in [0.25, 0.3) is 0 Å². The van der Waals surface area contributed by atoms with E-state index in [-0.39, 0.29) is 0 Å². The third-order valence-electron chi connectivity index (χ3n) is 4.20. The van der Waals surface area contributed by atoms with Crippen molar-refractivity contribution in [3.63, 3.8) is 0 Å². The Morgan fingerprint density at radius 3 is 2.23 bits per heavy atom. The smallest absolute Gasteiger partial charge is 0.0784 e. The van der Waals surface area contributed by atoms with E-state index in [1.165, 1.54) is 27.8 Å². The number of rotatable bonds is 1. The molecule has 1 aliphatic rings. The summed E-state index contributed by atoms with van der Waals surface area (Å²) in [6, 6.07) is 25.7. The van der Waals surface area contributed by atoms with Gasteiger partial charge in [0.2, 0.25) is 0 Å². The fourth-order valence-corrected chi connectivity index (χ4v) is 2.99. The first-order valence-electron chi connectivity index (χ1n) is 7.63. The molecule has 0 fully saturated rings. The molecule has 3 aromatic carbocycles. The van der Waals surface area contributed by atoms with E-state index in [4.69, 9.17) is 4.99 Å². The number of fused-ring (bicyclic) bond motifs is 2. The molecule has 1 aliphatic heterocycles. The van der Waals surface area contributed by atoms with Crippen molar-refractivity contribution < 1.29 is 0 Å². The first kappa shape index (κ1) is 13.0. The molecule has 0 amide bonds. The summed E-state index contributed by atoms with van der Waals surface area (Å²) in [5, 5.41) is 0. The SMILES string of the molecule is Cc1ccc(C2=Nc3ccccc3Cc3ccccc32)cc1. The second-order valence-corrected chi connectivity index (χ2v) is 5.79. The van der Waals surface area contributed by atoms with Crippen molar-refractivity contribution in [1.29, 1.82) is 0 Å². The van der Waals surface area contributed by atoms with Gasteiger partial charge in [-0.2, -0.15) is 0 Å². The topological polar surface area (TPSA) is 12.4 Å². The van der Waals surface area contributed by atoms with E-state index < -0.39 is 0 Å². The molecule has 0 saturated heterocycles. The van der Waals surface area contributed by atoms with Crippen molar-refractivity contribution in [3.05, 3.63) is 101 Å². The Morgan fingerprint density at radius 1 is 0.727 bits per heavy atom. The molecule has 0 saturated carbocycles. The number of aliphatic imine (C=N–C) groups is 1. The van der Waals surface area contributed by atoms with E-state index in [0.29, 0.717) is 0 Å². The van der Waals surface area contributed by atoms with Crippen LogP contribution >= 0.6 is 0 Å². The Hall–Kier alpha value is -2.67. The van der Waals surface area contributed by atoms with Crippen molar-refractivity contribution in [2.75, 3.05) is 0 Å². The molecule has 0 radical (unpaired) electrons. The van der Waals surface area contributed by atoms with E-state index in [2.05, 4.69) is 79.7 Å². The summed E-state index contributed by atoms with van der Waals surface area (Å²) in [6.45, 7) is 2.11. The van der Waals surface area contributed by atoms with E-state index in [1.54, 1.807) is 0 Å². The van der Waals surface area contributed by atoms with Gasteiger partial charge < -0.3 is 0 Å². The van der Waals surface area contributed by atoms with Gasteiger partial charge in [0.05, 0.1) is 11.4 Å². The van der Waals surface area contributed by atoms with Gasteiger partial charge in [0.1, 0.15) is 0 Å². The Balaban J connectivity index is 1.98. The van der Waals surface area contributed by atoms with Gasteiger partial charge in [0, 0.05) is 17.5 Å². The first-order chi connectivity index (χ1) is 10.8. The van der Waals surface area contributed by atoms with Crippen LogP contribution in [0.2, 0.25) is 0 Å². The maximum Gasteiger partial charge on any atom is 0.0784 e. The standard InChI is InChI=1S/C21H17N/c1-15-10-12-16(13-11-15)21-19-8-4-2-6-17(19)14-18-7-3-5-9-20(18)22-21/h2-13H,14H2,1H3. The summed E-state index contributed by atoms with van der Waals surface area (Å²) in [5.41, 5.74) is 8.46. The van der Waals surface area contributed by atoms with Crippen LogP contribution < -0.4 is 0 Å². The first-order valence-corrected chi connectivity index (χ1v) is 7.63. The van der Waals surface area contributed by atoms with Crippen molar-refractivity contribution in [3.8, 4) is 0 Å². The van der Waals surface area contributed by atoms with Crippen LogP contribution in [0.3, 0.4) is 0 Å². The van der Waals surface area contributed by atoms with Crippen LogP contribution in [0, 0.1) is 6.92 Å². The Bertz CT molecular complexity index is 857. The number of hydrogen-bond donors (Lipinski definition) is 0. The number of para-hydroxylation sites is 1. The second-order valence-electron chi connectivity index (χ2n) is 5.79. The van der Waals surface area contributed by atoms with Crippen LogP contribution in [0.15, 0.2) is 77.8 Å². The highest BCUT2D eigenvalue weighted by atomic mass is 14.8. The number of aryl methyl sites for hydroxylation is 1. The predicted molar refractivity (Wildman–Crippen MR) is 92.2 cm³/mol. The van der Waals surface area contributed by atoms with E-state index in [1.807, 2.05) is 0 Å². The van der Waals surface area contributed by atoms with Crippen LogP contribution in [-0.2, 0) is 6.42 Å². The average molecular weight is 283 g/mol. The summed E-state index contributed by atoms with van der Waals surface area (Å²) in [5.74, 6) is 0. The van der Waals surface area contributed by atoms with Crippen LogP contribution in [0.4, 0.5) is 5.69 Å². The van der Waals surface area contributed by atoms with E-state index >= 15 is 0 Å². The maximum atomic E-state index is 5.00. The largest absolute Gasteiger partial charge is 0.247 e. The van der Waals surface area contributed by atoms with Crippen molar-refractivity contribution in [2.45, 2.75) is 13.3 Å². The number of nitrogens with zero attached hydrogens (tertiary/aromatic N) is 1. The molecular formula is C21H17N. The average Bonchev–Trinajstić information content (AvgIpc) is 2.72. The molecule has 4 rings (SSSR count). The molecule has 0 unspecified atom stereocenters. The highest BCUT2D eigenvalue weighted by Gasteiger charge is 2.17. The zero-order chi connectivity index (χ0) is 14.9. The molecule has 0 spiro atoms. The highest BCUT2D eigenvalue weighted by molar-refractivity contribution is 6.15. The minimum absolute atomic E-state index is 0.936. The molecule has 0 bridgehead atoms. The summed E-state index contributed by atoms with van der Waals surface area (Å²) < 4.78 is 0. The van der Waals surface area contributed by atoms with Gasteiger partial charge in [-0.05, 0) is 24.1 Å². The molecule has 22 heavy (non-hydrogen) atoms. The Labute approximate surface area is 131 Å². The summed E-state index contributed by atoms with van der Waals surface area (Å²) in [6.07, 6.45) is 0.936. The Kier molecular flexibility index (Phi) is 3.12. The highest BCUT2D eigenvalue weighted by Crippen LogP contribution is 2.30. The molecular weight excluding hydrogens is 266 g/mol. The zero-order valence-corrected chi connectivity index (χ0v) is 12.6. The van der Waals surface area contributed by atoms with Gasteiger partial charge in [-0.3, -0.25) is 0 Å². The maximum absolute atomic E-state index is 5.00.